The lowest BCUT2D eigenvalue weighted by molar-refractivity contribution is 0.0698. The van der Waals surface area contributed by atoms with Crippen molar-refractivity contribution in [1.29, 1.82) is 0 Å². The Labute approximate surface area is 152 Å². The van der Waals surface area contributed by atoms with E-state index in [-0.39, 0.29) is 5.56 Å². The SMILES string of the molecule is Cc1ccc(Nc2cnc(-c3ccc(CN)cc3)c(C)c2)c(C(=O)O)c1. The maximum absolute atomic E-state index is 11.5. The van der Waals surface area contributed by atoms with E-state index in [1.165, 1.54) is 0 Å². The van der Waals surface area contributed by atoms with Crippen molar-refractivity contribution < 1.29 is 9.90 Å². The Balaban J connectivity index is 1.89. The predicted molar refractivity (Wildman–Crippen MR) is 104 cm³/mol. The summed E-state index contributed by atoms with van der Waals surface area (Å²) in [5.74, 6) is -0.961. The van der Waals surface area contributed by atoms with E-state index in [1.54, 1.807) is 18.3 Å². The first-order valence-corrected chi connectivity index (χ1v) is 8.35. The lowest BCUT2D eigenvalue weighted by atomic mass is 10.0. The van der Waals surface area contributed by atoms with Crippen LogP contribution in [-0.2, 0) is 6.54 Å². The smallest absolute Gasteiger partial charge is 0.337 e. The number of aromatic carboxylic acids is 1. The molecule has 0 aliphatic rings. The molecule has 26 heavy (non-hydrogen) atoms. The minimum atomic E-state index is -0.961. The lowest BCUT2D eigenvalue weighted by Gasteiger charge is -2.12. The molecule has 0 aliphatic carbocycles. The van der Waals surface area contributed by atoms with Gasteiger partial charge in [-0.2, -0.15) is 0 Å². The number of anilines is 2. The molecule has 3 rings (SSSR count). The number of nitrogens with two attached hydrogens (primary N) is 1. The Morgan fingerprint density at radius 1 is 1.12 bits per heavy atom. The van der Waals surface area contributed by atoms with E-state index in [0.29, 0.717) is 12.2 Å². The summed E-state index contributed by atoms with van der Waals surface area (Å²) in [4.78, 5) is 16.0. The van der Waals surface area contributed by atoms with Crippen LogP contribution in [0.4, 0.5) is 11.4 Å². The van der Waals surface area contributed by atoms with Crippen LogP contribution in [0.15, 0.2) is 54.7 Å². The normalized spacial score (nSPS) is 10.6. The number of aromatic nitrogens is 1. The van der Waals surface area contributed by atoms with E-state index >= 15 is 0 Å². The highest BCUT2D eigenvalue weighted by Crippen LogP contribution is 2.27. The van der Waals surface area contributed by atoms with Crippen molar-refractivity contribution in [2.24, 2.45) is 5.73 Å². The summed E-state index contributed by atoms with van der Waals surface area (Å²) in [7, 11) is 0. The Morgan fingerprint density at radius 3 is 2.46 bits per heavy atom. The molecule has 5 heteroatoms. The van der Waals surface area contributed by atoms with Crippen molar-refractivity contribution in [3.05, 3.63) is 77.0 Å². The third kappa shape index (κ3) is 3.73. The Kier molecular flexibility index (Phi) is 5.00. The van der Waals surface area contributed by atoms with Crippen LogP contribution in [0.25, 0.3) is 11.3 Å². The van der Waals surface area contributed by atoms with Crippen molar-refractivity contribution in [2.45, 2.75) is 20.4 Å². The van der Waals surface area contributed by atoms with Gasteiger partial charge in [-0.1, -0.05) is 35.9 Å². The molecule has 1 aromatic heterocycles. The van der Waals surface area contributed by atoms with E-state index < -0.39 is 5.97 Å². The maximum atomic E-state index is 11.5. The van der Waals surface area contributed by atoms with Gasteiger partial charge < -0.3 is 16.2 Å². The van der Waals surface area contributed by atoms with Gasteiger partial charge in [0.05, 0.1) is 28.8 Å². The van der Waals surface area contributed by atoms with E-state index in [2.05, 4.69) is 10.3 Å². The summed E-state index contributed by atoms with van der Waals surface area (Å²) in [5, 5.41) is 12.6. The fourth-order valence-electron chi connectivity index (χ4n) is 2.84. The molecule has 0 saturated heterocycles. The number of pyridine rings is 1. The minimum absolute atomic E-state index is 0.240. The fraction of sp³-hybridized carbons (Fsp3) is 0.143. The zero-order chi connectivity index (χ0) is 18.7. The maximum Gasteiger partial charge on any atom is 0.337 e. The Hall–Kier alpha value is -3.18. The van der Waals surface area contributed by atoms with E-state index in [0.717, 1.165) is 33.6 Å². The molecule has 2 aromatic carbocycles. The number of rotatable bonds is 5. The average molecular weight is 347 g/mol. The molecule has 0 atom stereocenters. The van der Waals surface area contributed by atoms with Crippen LogP contribution in [0.5, 0.6) is 0 Å². The molecule has 3 aromatic rings. The second kappa shape index (κ2) is 7.37. The molecular formula is C21H21N3O2. The average Bonchev–Trinajstić information content (AvgIpc) is 2.63. The molecule has 0 unspecified atom stereocenters. The van der Waals surface area contributed by atoms with Gasteiger partial charge in [0.15, 0.2) is 0 Å². The second-order valence-electron chi connectivity index (χ2n) is 6.27. The first kappa shape index (κ1) is 17.6. The third-order valence-corrected chi connectivity index (χ3v) is 4.23. The molecule has 0 amide bonds. The quantitative estimate of drug-likeness (QED) is 0.641. The van der Waals surface area contributed by atoms with Crippen LogP contribution in [0.3, 0.4) is 0 Å². The zero-order valence-corrected chi connectivity index (χ0v) is 14.8. The standard InChI is InChI=1S/C21H21N3O2/c1-13-3-8-19(18(9-13)21(25)26)24-17-10-14(2)20(23-12-17)16-6-4-15(11-22)5-7-16/h3-10,12,24H,11,22H2,1-2H3,(H,25,26). The Bertz CT molecular complexity index is 950. The topological polar surface area (TPSA) is 88.2 Å². The van der Waals surface area contributed by atoms with Crippen LogP contribution in [0.1, 0.15) is 27.0 Å². The zero-order valence-electron chi connectivity index (χ0n) is 14.8. The summed E-state index contributed by atoms with van der Waals surface area (Å²) in [6, 6.07) is 15.3. The molecule has 0 radical (unpaired) electrons. The third-order valence-electron chi connectivity index (χ3n) is 4.23. The highest BCUT2D eigenvalue weighted by atomic mass is 16.4. The van der Waals surface area contributed by atoms with Crippen LogP contribution >= 0.6 is 0 Å². The molecule has 1 heterocycles. The number of carboxylic acid groups (broad SMARTS) is 1. The van der Waals surface area contributed by atoms with Crippen molar-refractivity contribution >= 4 is 17.3 Å². The van der Waals surface area contributed by atoms with Crippen LogP contribution in [0, 0.1) is 13.8 Å². The molecule has 4 N–H and O–H groups in total. The lowest BCUT2D eigenvalue weighted by Crippen LogP contribution is -2.04. The first-order chi connectivity index (χ1) is 12.5. The van der Waals surface area contributed by atoms with Gasteiger partial charge in [0, 0.05) is 12.1 Å². The van der Waals surface area contributed by atoms with Gasteiger partial charge in [0.2, 0.25) is 0 Å². The number of carboxylic acids is 1. The second-order valence-corrected chi connectivity index (χ2v) is 6.27. The number of hydrogen-bond donors (Lipinski definition) is 3. The van der Waals surface area contributed by atoms with Gasteiger partial charge >= 0.3 is 5.97 Å². The van der Waals surface area contributed by atoms with Gasteiger partial charge in [-0.25, -0.2) is 4.79 Å². The molecule has 0 saturated carbocycles. The van der Waals surface area contributed by atoms with Gasteiger partial charge in [0.1, 0.15) is 0 Å². The summed E-state index contributed by atoms with van der Waals surface area (Å²) in [6.45, 7) is 4.36. The monoisotopic (exact) mass is 347 g/mol. The van der Waals surface area contributed by atoms with Gasteiger partial charge in [-0.05, 0) is 43.2 Å². The van der Waals surface area contributed by atoms with E-state index in [1.807, 2.05) is 50.2 Å². The number of hydrogen-bond acceptors (Lipinski definition) is 4. The van der Waals surface area contributed by atoms with Crippen molar-refractivity contribution in [3.63, 3.8) is 0 Å². The molecular weight excluding hydrogens is 326 g/mol. The summed E-state index contributed by atoms with van der Waals surface area (Å²) < 4.78 is 0. The largest absolute Gasteiger partial charge is 0.478 e. The molecule has 0 bridgehead atoms. The van der Waals surface area contributed by atoms with Crippen molar-refractivity contribution in [2.75, 3.05) is 5.32 Å². The summed E-state index contributed by atoms with van der Waals surface area (Å²) in [5.41, 5.74) is 12.1. The van der Waals surface area contributed by atoms with Crippen LogP contribution < -0.4 is 11.1 Å². The van der Waals surface area contributed by atoms with Crippen LogP contribution in [0.2, 0.25) is 0 Å². The minimum Gasteiger partial charge on any atom is -0.478 e. The fourth-order valence-corrected chi connectivity index (χ4v) is 2.84. The number of carbonyl (C=O) groups is 1. The summed E-state index contributed by atoms with van der Waals surface area (Å²) >= 11 is 0. The predicted octanol–water partition coefficient (Wildman–Crippen LogP) is 4.27. The number of benzene rings is 2. The number of nitrogens with one attached hydrogen (secondary N) is 1. The Morgan fingerprint density at radius 2 is 1.85 bits per heavy atom. The highest BCUT2D eigenvalue weighted by molar-refractivity contribution is 5.95. The van der Waals surface area contributed by atoms with E-state index in [4.69, 9.17) is 5.73 Å². The number of aryl methyl sites for hydroxylation is 2. The molecule has 132 valence electrons. The molecule has 5 nitrogen and oxygen atoms in total. The van der Waals surface area contributed by atoms with E-state index in [9.17, 15) is 9.90 Å². The molecule has 0 aliphatic heterocycles. The van der Waals surface area contributed by atoms with Gasteiger partial charge in [-0.15, -0.1) is 0 Å². The van der Waals surface area contributed by atoms with Gasteiger partial charge in [-0.3, -0.25) is 4.98 Å². The van der Waals surface area contributed by atoms with Gasteiger partial charge in [0.25, 0.3) is 0 Å². The molecule has 0 spiro atoms. The first-order valence-electron chi connectivity index (χ1n) is 8.35. The van der Waals surface area contributed by atoms with Crippen molar-refractivity contribution in [1.82, 2.24) is 4.98 Å². The highest BCUT2D eigenvalue weighted by Gasteiger charge is 2.11. The molecule has 0 fully saturated rings. The van der Waals surface area contributed by atoms with Crippen molar-refractivity contribution in [3.8, 4) is 11.3 Å². The van der Waals surface area contributed by atoms with Crippen LogP contribution in [-0.4, -0.2) is 16.1 Å². The number of nitrogens with zero attached hydrogens (tertiary/aromatic N) is 1. The summed E-state index contributed by atoms with van der Waals surface area (Å²) in [6.07, 6.45) is 1.71.